The van der Waals surface area contributed by atoms with Crippen LogP contribution in [0.1, 0.15) is 60.9 Å². The predicted molar refractivity (Wildman–Crippen MR) is 153 cm³/mol. The number of Topliss-reactive ketones (excluding diaryl/α,β-unsaturated/α-hetero) is 1. The van der Waals surface area contributed by atoms with E-state index in [1.807, 2.05) is 48.5 Å². The molecule has 6 heteroatoms. The number of para-hydroxylation sites is 2. The van der Waals surface area contributed by atoms with Gasteiger partial charge in [0.25, 0.3) is 0 Å². The molecule has 0 spiro atoms. The highest BCUT2D eigenvalue weighted by molar-refractivity contribution is 6.39. The highest BCUT2D eigenvalue weighted by Gasteiger charge is 2.39. The summed E-state index contributed by atoms with van der Waals surface area (Å²) in [4.78, 5) is 22.4. The fourth-order valence-corrected chi connectivity index (χ4v) is 6.81. The van der Waals surface area contributed by atoms with Crippen molar-refractivity contribution in [3.8, 4) is 22.8 Å². The predicted octanol–water partition coefficient (Wildman–Crippen LogP) is 5.86. The molecule has 2 aromatic carbocycles. The summed E-state index contributed by atoms with van der Waals surface area (Å²) >= 11 is 0. The molecule has 3 aliphatic carbocycles. The minimum atomic E-state index is -0.205. The second kappa shape index (κ2) is 9.70. The van der Waals surface area contributed by atoms with Crippen LogP contribution in [0.15, 0.2) is 81.7 Å². The zero-order valence-electron chi connectivity index (χ0n) is 22.9. The van der Waals surface area contributed by atoms with Gasteiger partial charge in [-0.3, -0.25) is 4.79 Å². The number of nitrogens with zero attached hydrogens (tertiary/aromatic N) is 1. The van der Waals surface area contributed by atoms with Crippen molar-refractivity contribution in [2.45, 2.75) is 51.4 Å². The fourth-order valence-electron chi connectivity index (χ4n) is 6.81. The number of benzene rings is 2. The first-order valence-corrected chi connectivity index (χ1v) is 14.1. The van der Waals surface area contributed by atoms with Gasteiger partial charge in [-0.2, -0.15) is 0 Å². The van der Waals surface area contributed by atoms with Gasteiger partial charge in [-0.1, -0.05) is 30.0 Å². The Morgan fingerprint density at radius 2 is 1.30 bits per heavy atom. The zero-order valence-corrected chi connectivity index (χ0v) is 22.9. The monoisotopic (exact) mass is 531 g/mol. The number of carbonyl (C=O) groups is 1. The quantitative estimate of drug-likeness (QED) is 0.418. The van der Waals surface area contributed by atoms with Gasteiger partial charge in [0.1, 0.15) is 11.5 Å². The summed E-state index contributed by atoms with van der Waals surface area (Å²) in [7, 11) is 3.32. The lowest BCUT2D eigenvalue weighted by molar-refractivity contribution is -0.297. The third kappa shape index (κ3) is 3.62. The lowest BCUT2D eigenvalue weighted by Gasteiger charge is -2.32. The van der Waals surface area contributed by atoms with Crippen molar-refractivity contribution in [2.24, 2.45) is 4.99 Å². The van der Waals surface area contributed by atoms with Crippen LogP contribution in [0.25, 0.3) is 16.8 Å². The van der Waals surface area contributed by atoms with E-state index in [0.29, 0.717) is 11.4 Å². The Hall–Kier alpha value is -4.32. The van der Waals surface area contributed by atoms with Crippen molar-refractivity contribution in [1.82, 2.24) is 4.98 Å². The number of nitrogens with one attached hydrogen (secondary N) is 1. The summed E-state index contributed by atoms with van der Waals surface area (Å²) in [6.07, 6.45) is 7.66. The van der Waals surface area contributed by atoms with Crippen molar-refractivity contribution in [1.29, 1.82) is 0 Å². The van der Waals surface area contributed by atoms with E-state index >= 15 is 0 Å². The molecule has 0 saturated heterocycles. The molecule has 4 aliphatic rings. The number of H-pyrrole nitrogens is 1. The summed E-state index contributed by atoms with van der Waals surface area (Å²) in [5.41, 5.74) is 9.85. The third-order valence-corrected chi connectivity index (χ3v) is 8.72. The normalized spacial score (nSPS) is 20.2. The van der Waals surface area contributed by atoms with Gasteiger partial charge in [0, 0.05) is 22.3 Å². The van der Waals surface area contributed by atoms with Crippen LogP contribution in [-0.4, -0.2) is 30.7 Å². The molecule has 1 N–H and O–H groups in total. The standard InChI is InChI=1S/C34H32N2O4/c1-39-25-17-9-7-15-23(25)29-19-11-3-5-13-21(19)31(35-29)27-33(37)28(34(27)38)32-22-14-6-4-12-20(22)30(36-32)24-16-8-10-18-26(24)40-2/h7-10,15-18,35,37H,3-6,11-14H2,1-2H3/p-1. The number of carbonyl (C=O) groups excluding carboxylic acids is 1. The van der Waals surface area contributed by atoms with Crippen LogP contribution in [0, 0.1) is 0 Å². The minimum absolute atomic E-state index is 0.205. The van der Waals surface area contributed by atoms with Gasteiger partial charge in [-0.15, -0.1) is 0 Å². The van der Waals surface area contributed by atoms with Crippen LogP contribution in [0.2, 0.25) is 0 Å². The Labute approximate surface area is 233 Å². The van der Waals surface area contributed by atoms with E-state index in [1.54, 1.807) is 14.2 Å². The minimum Gasteiger partial charge on any atom is -0.871 e. The average Bonchev–Trinajstić information content (AvgIpc) is 3.56. The number of ketones is 1. The summed E-state index contributed by atoms with van der Waals surface area (Å²) in [6, 6.07) is 15.7. The molecule has 2 heterocycles. The molecule has 0 amide bonds. The maximum absolute atomic E-state index is 13.9. The second-order valence-corrected chi connectivity index (χ2v) is 10.8. The number of allylic oxidation sites excluding steroid dienone is 4. The van der Waals surface area contributed by atoms with E-state index in [1.165, 1.54) is 5.56 Å². The molecule has 0 fully saturated rings. The van der Waals surface area contributed by atoms with E-state index in [0.717, 1.165) is 102 Å². The Bertz CT molecular complexity index is 1700. The summed E-state index contributed by atoms with van der Waals surface area (Å²) in [5.74, 6) is 1.10. The van der Waals surface area contributed by atoms with Crippen molar-refractivity contribution in [2.75, 3.05) is 14.2 Å². The molecule has 202 valence electrons. The lowest BCUT2D eigenvalue weighted by Crippen LogP contribution is -2.31. The van der Waals surface area contributed by atoms with E-state index in [4.69, 9.17) is 14.5 Å². The van der Waals surface area contributed by atoms with Gasteiger partial charge < -0.3 is 19.6 Å². The van der Waals surface area contributed by atoms with Gasteiger partial charge >= 0.3 is 0 Å². The van der Waals surface area contributed by atoms with E-state index in [9.17, 15) is 9.90 Å². The SMILES string of the molecule is COc1ccccc1C1=NC(=C2C(=O)C(c3[nH]c(-c4ccccc4OC)c4c3CCCC4)=C2[O-])C2=C1CCCC2. The molecular weight excluding hydrogens is 500 g/mol. The van der Waals surface area contributed by atoms with Crippen molar-refractivity contribution in [3.05, 3.63) is 99.1 Å². The molecule has 0 radical (unpaired) electrons. The lowest BCUT2D eigenvalue weighted by atomic mass is 9.79. The molecule has 0 unspecified atom stereocenters. The van der Waals surface area contributed by atoms with Crippen LogP contribution in [0.5, 0.6) is 11.5 Å². The van der Waals surface area contributed by atoms with Crippen LogP contribution in [-0.2, 0) is 17.6 Å². The van der Waals surface area contributed by atoms with Gasteiger partial charge in [-0.05, 0) is 97.9 Å². The van der Waals surface area contributed by atoms with E-state index < -0.39 is 0 Å². The Morgan fingerprint density at radius 3 is 1.98 bits per heavy atom. The van der Waals surface area contributed by atoms with Crippen LogP contribution in [0.3, 0.4) is 0 Å². The summed E-state index contributed by atoms with van der Waals surface area (Å²) in [5, 5.41) is 13.9. The number of aromatic amines is 1. The number of ether oxygens (including phenoxy) is 2. The Kier molecular flexibility index (Phi) is 5.99. The first-order valence-electron chi connectivity index (χ1n) is 14.1. The van der Waals surface area contributed by atoms with E-state index in [-0.39, 0.29) is 22.7 Å². The molecule has 1 aromatic heterocycles. The molecule has 0 saturated carbocycles. The number of aliphatic imine (C=N–C) groups is 1. The average molecular weight is 532 g/mol. The van der Waals surface area contributed by atoms with Crippen molar-refractivity contribution < 1.29 is 19.4 Å². The molecule has 40 heavy (non-hydrogen) atoms. The molecule has 0 bridgehead atoms. The van der Waals surface area contributed by atoms with Crippen LogP contribution >= 0.6 is 0 Å². The Balaban J connectivity index is 1.38. The second-order valence-electron chi connectivity index (χ2n) is 10.8. The van der Waals surface area contributed by atoms with Crippen molar-refractivity contribution in [3.63, 3.8) is 0 Å². The largest absolute Gasteiger partial charge is 0.871 e. The third-order valence-electron chi connectivity index (χ3n) is 8.72. The fraction of sp³-hybridized carbons (Fsp3) is 0.294. The van der Waals surface area contributed by atoms with Crippen LogP contribution in [0.4, 0.5) is 0 Å². The number of methoxy groups -OCH3 is 2. The van der Waals surface area contributed by atoms with E-state index in [2.05, 4.69) is 4.98 Å². The van der Waals surface area contributed by atoms with Gasteiger partial charge in [0.05, 0.1) is 37.0 Å². The van der Waals surface area contributed by atoms with Crippen molar-refractivity contribution >= 4 is 17.1 Å². The highest BCUT2D eigenvalue weighted by atomic mass is 16.5. The zero-order chi connectivity index (χ0) is 27.4. The number of aromatic nitrogens is 1. The molecule has 1 aliphatic heterocycles. The molecular formula is C34H31N2O4-. The van der Waals surface area contributed by atoms with Gasteiger partial charge in [-0.25, -0.2) is 4.99 Å². The number of hydrogen-bond acceptors (Lipinski definition) is 5. The number of rotatable bonds is 5. The molecule has 7 rings (SSSR count). The summed E-state index contributed by atoms with van der Waals surface area (Å²) < 4.78 is 11.3. The highest BCUT2D eigenvalue weighted by Crippen LogP contribution is 2.48. The molecule has 0 atom stereocenters. The number of hydrogen-bond donors (Lipinski definition) is 1. The maximum Gasteiger partial charge on any atom is 0.196 e. The summed E-state index contributed by atoms with van der Waals surface area (Å²) in [6.45, 7) is 0. The first-order chi connectivity index (χ1) is 19.6. The smallest absolute Gasteiger partial charge is 0.196 e. The molecule has 3 aromatic rings. The van der Waals surface area contributed by atoms with Gasteiger partial charge in [0.15, 0.2) is 5.78 Å². The maximum atomic E-state index is 13.9. The topological polar surface area (TPSA) is 86.7 Å². The molecule has 6 nitrogen and oxygen atoms in total. The van der Waals surface area contributed by atoms with Crippen LogP contribution < -0.4 is 14.6 Å². The van der Waals surface area contributed by atoms with Gasteiger partial charge in [0.2, 0.25) is 0 Å². The number of fused-ring (bicyclic) bond motifs is 1. The first kappa shape index (κ1) is 24.7. The Morgan fingerprint density at radius 1 is 0.725 bits per heavy atom.